The highest BCUT2D eigenvalue weighted by atomic mass is 32.2. The average molecular weight is 601 g/mol. The molecule has 0 saturated heterocycles. The Labute approximate surface area is 257 Å². The van der Waals surface area contributed by atoms with Crippen molar-refractivity contribution in [3.05, 3.63) is 32.8 Å². The Bertz CT molecular complexity index is 1250. The molecule has 0 N–H and O–H groups in total. The van der Waals surface area contributed by atoms with E-state index >= 15 is 0 Å². The number of carbonyl (C=O) groups is 2. The number of carbonyl (C=O) groups excluding carboxylic acids is 2. The number of ketones is 1. The minimum Gasteiger partial charge on any atom is -0.497 e. The van der Waals surface area contributed by atoms with Crippen LogP contribution in [0.15, 0.2) is 32.8 Å². The molecule has 0 aromatic carbocycles. The van der Waals surface area contributed by atoms with Gasteiger partial charge in [-0.1, -0.05) is 54.0 Å². The fourth-order valence-electron chi connectivity index (χ4n) is 10.7. The third-order valence-electron chi connectivity index (χ3n) is 13.1. The molecule has 5 aliphatic carbocycles. The maximum absolute atomic E-state index is 14.0. The van der Waals surface area contributed by atoms with Gasteiger partial charge < -0.3 is 9.47 Å². The van der Waals surface area contributed by atoms with Gasteiger partial charge in [-0.2, -0.15) is 0 Å². The van der Waals surface area contributed by atoms with Crippen LogP contribution in [0.25, 0.3) is 0 Å². The number of esters is 1. The Morgan fingerprint density at radius 2 is 1.54 bits per heavy atom. The van der Waals surface area contributed by atoms with E-state index in [4.69, 9.17) is 9.47 Å². The van der Waals surface area contributed by atoms with Gasteiger partial charge in [-0.25, -0.2) is 0 Å². The van der Waals surface area contributed by atoms with Crippen molar-refractivity contribution in [1.82, 2.24) is 0 Å². The van der Waals surface area contributed by atoms with E-state index in [2.05, 4.69) is 67.1 Å². The van der Waals surface area contributed by atoms with Crippen molar-refractivity contribution in [3.8, 4) is 0 Å². The van der Waals surface area contributed by atoms with Gasteiger partial charge in [0.15, 0.2) is 5.78 Å². The first kappa shape index (κ1) is 31.3. The topological polar surface area (TPSA) is 52.6 Å². The fourth-order valence-corrected chi connectivity index (χ4v) is 12.2. The van der Waals surface area contributed by atoms with Gasteiger partial charge in [0.2, 0.25) is 0 Å². The summed E-state index contributed by atoms with van der Waals surface area (Å²) in [4.78, 5) is 27.6. The van der Waals surface area contributed by atoms with E-state index in [-0.39, 0.29) is 39.5 Å². The Balaban J connectivity index is 1.76. The van der Waals surface area contributed by atoms with Crippen molar-refractivity contribution in [1.29, 1.82) is 0 Å². The second-order valence-electron chi connectivity index (χ2n) is 15.7. The van der Waals surface area contributed by atoms with Crippen LogP contribution in [-0.4, -0.2) is 38.5 Å². The van der Waals surface area contributed by atoms with Crippen molar-refractivity contribution < 1.29 is 19.1 Å². The summed E-state index contributed by atoms with van der Waals surface area (Å²) < 4.78 is 13.1. The molecule has 228 valence electrons. The lowest BCUT2D eigenvalue weighted by Gasteiger charge is -2.68. The number of ether oxygens (including phenoxy) is 2. The largest absolute Gasteiger partial charge is 0.497 e. The molecule has 0 heterocycles. The molecule has 0 aromatic rings. The quantitative estimate of drug-likeness (QED) is 0.237. The second-order valence-corrected chi connectivity index (χ2v) is 17.6. The number of rotatable bonds is 4. The Kier molecular flexibility index (Phi) is 7.59. The predicted octanol–water partition coefficient (Wildman–Crippen LogP) is 8.97. The molecule has 5 rings (SSSR count). The van der Waals surface area contributed by atoms with Crippen molar-refractivity contribution in [2.75, 3.05) is 26.7 Å². The standard InChI is InChI=1S/C35H52O4S2/c1-30(2)14-16-35(29(37)39-9)17-15-34(7)26(22(35)20-30)23(38-8)18-25-32(5)19-21(28(40-10)41-11)27(36)31(3,4)24(32)12-13-33(25,34)6/h18,22,24H,12-17,19-20H2,1-11H3/t22-,24-,32-,33+,34+,35-/m0/s1. The van der Waals surface area contributed by atoms with Crippen molar-refractivity contribution >= 4 is 35.3 Å². The zero-order valence-electron chi connectivity index (χ0n) is 27.3. The van der Waals surface area contributed by atoms with E-state index in [0.717, 1.165) is 66.9 Å². The Morgan fingerprint density at radius 3 is 2.12 bits per heavy atom. The van der Waals surface area contributed by atoms with Crippen molar-refractivity contribution in [2.24, 2.45) is 44.3 Å². The maximum Gasteiger partial charge on any atom is 0.312 e. The van der Waals surface area contributed by atoms with Crippen LogP contribution in [0.3, 0.4) is 0 Å². The zero-order valence-corrected chi connectivity index (χ0v) is 29.0. The third-order valence-corrected chi connectivity index (χ3v) is 15.3. The van der Waals surface area contributed by atoms with E-state index < -0.39 is 10.8 Å². The van der Waals surface area contributed by atoms with Gasteiger partial charge in [0, 0.05) is 26.6 Å². The molecule has 4 saturated carbocycles. The smallest absolute Gasteiger partial charge is 0.312 e. The minimum absolute atomic E-state index is 0.0393. The molecule has 0 bridgehead atoms. The van der Waals surface area contributed by atoms with E-state index in [1.807, 2.05) is 7.11 Å². The van der Waals surface area contributed by atoms with Crippen LogP contribution in [0.2, 0.25) is 0 Å². The van der Waals surface area contributed by atoms with Gasteiger partial charge in [0.05, 0.1) is 19.6 Å². The second kappa shape index (κ2) is 9.94. The molecular weight excluding hydrogens is 549 g/mol. The summed E-state index contributed by atoms with van der Waals surface area (Å²) in [6, 6.07) is 0. The summed E-state index contributed by atoms with van der Waals surface area (Å²) in [5, 5.41) is 0. The first-order valence-electron chi connectivity index (χ1n) is 15.5. The summed E-state index contributed by atoms with van der Waals surface area (Å²) in [6.07, 6.45) is 14.1. The van der Waals surface area contributed by atoms with E-state index in [9.17, 15) is 9.59 Å². The predicted molar refractivity (Wildman–Crippen MR) is 171 cm³/mol. The number of hydrogen-bond acceptors (Lipinski definition) is 6. The Morgan fingerprint density at radius 1 is 0.902 bits per heavy atom. The SMILES string of the molecule is COC(=O)[C@]12CCC(C)(C)C[C@H]1C1=C(OC)C=C3[C@@]4(C)CC(=C(SC)SC)C(=O)C(C)(C)[C@@H]4CC[C@@]3(C)[C@]1(C)CC2. The molecule has 0 aliphatic heterocycles. The number of thioether (sulfide) groups is 2. The Hall–Kier alpha value is -1.14. The third kappa shape index (κ3) is 4.07. The summed E-state index contributed by atoms with van der Waals surface area (Å²) >= 11 is 3.42. The molecule has 5 aliphatic rings. The van der Waals surface area contributed by atoms with Crippen LogP contribution in [0.1, 0.15) is 99.8 Å². The summed E-state index contributed by atoms with van der Waals surface area (Å²) in [5.41, 5.74) is 2.70. The lowest BCUT2D eigenvalue weighted by atomic mass is 9.35. The number of hydrogen-bond donors (Lipinski definition) is 0. The van der Waals surface area contributed by atoms with Crippen molar-refractivity contribution in [3.63, 3.8) is 0 Å². The zero-order chi connectivity index (χ0) is 30.4. The first-order chi connectivity index (χ1) is 19.0. The number of methoxy groups -OCH3 is 2. The molecule has 0 unspecified atom stereocenters. The van der Waals surface area contributed by atoms with E-state index in [0.29, 0.717) is 5.78 Å². The number of allylic oxidation sites excluding steroid dienone is 4. The first-order valence-corrected chi connectivity index (χ1v) is 17.9. The molecule has 0 spiro atoms. The molecule has 41 heavy (non-hydrogen) atoms. The van der Waals surface area contributed by atoms with Gasteiger partial charge >= 0.3 is 5.97 Å². The molecular formula is C35H52O4S2. The number of fused-ring (bicyclic) bond motifs is 7. The number of Topliss-reactive ketones (excluding diaryl/α,β-unsaturated/α-hetero) is 1. The van der Waals surface area contributed by atoms with Gasteiger partial charge in [-0.3, -0.25) is 9.59 Å². The molecule has 0 amide bonds. The highest BCUT2D eigenvalue weighted by molar-refractivity contribution is 8.21. The van der Waals surface area contributed by atoms with Gasteiger partial charge in [0.25, 0.3) is 0 Å². The molecule has 0 radical (unpaired) electrons. The summed E-state index contributed by atoms with van der Waals surface area (Å²) in [6.45, 7) is 16.5. The fraction of sp³-hybridized carbons (Fsp3) is 0.771. The molecule has 6 heteroatoms. The monoisotopic (exact) mass is 600 g/mol. The summed E-state index contributed by atoms with van der Waals surface area (Å²) in [7, 11) is 3.37. The minimum atomic E-state index is -0.480. The van der Waals surface area contributed by atoms with E-state index in [1.54, 1.807) is 30.6 Å². The van der Waals surface area contributed by atoms with Gasteiger partial charge in [-0.15, -0.1) is 23.5 Å². The van der Waals surface area contributed by atoms with Crippen LogP contribution in [-0.2, 0) is 19.1 Å². The highest BCUT2D eigenvalue weighted by Gasteiger charge is 2.69. The molecule has 6 atom stereocenters. The summed E-state index contributed by atoms with van der Waals surface area (Å²) in [5.74, 6) is 1.63. The van der Waals surface area contributed by atoms with Gasteiger partial charge in [0.1, 0.15) is 5.76 Å². The molecule has 4 nitrogen and oxygen atoms in total. The van der Waals surface area contributed by atoms with Crippen LogP contribution >= 0.6 is 23.5 Å². The lowest BCUT2D eigenvalue weighted by Crippen LogP contribution is -2.62. The van der Waals surface area contributed by atoms with Crippen molar-refractivity contribution in [2.45, 2.75) is 99.8 Å². The average Bonchev–Trinajstić information content (AvgIpc) is 2.91. The molecule has 0 aromatic heterocycles. The van der Waals surface area contributed by atoms with E-state index in [1.165, 1.54) is 11.1 Å². The molecule has 4 fully saturated rings. The maximum atomic E-state index is 14.0. The van der Waals surface area contributed by atoms with Crippen LogP contribution < -0.4 is 0 Å². The van der Waals surface area contributed by atoms with Crippen LogP contribution in [0.4, 0.5) is 0 Å². The normalized spacial score (nSPS) is 40.9. The highest BCUT2D eigenvalue weighted by Crippen LogP contribution is 2.75. The lowest BCUT2D eigenvalue weighted by molar-refractivity contribution is -0.167. The van der Waals surface area contributed by atoms with Gasteiger partial charge in [-0.05, 0) is 97.7 Å². The van der Waals surface area contributed by atoms with Crippen LogP contribution in [0, 0.1) is 44.3 Å². The van der Waals surface area contributed by atoms with Crippen LogP contribution in [0.5, 0.6) is 0 Å².